The second-order valence-electron chi connectivity index (χ2n) is 8.16. The van der Waals surface area contributed by atoms with Crippen molar-refractivity contribution >= 4 is 34.1 Å². The molecule has 8 heteroatoms. The van der Waals surface area contributed by atoms with E-state index in [2.05, 4.69) is 11.8 Å². The van der Waals surface area contributed by atoms with E-state index in [1.807, 2.05) is 13.8 Å². The minimum absolute atomic E-state index is 0.0104. The number of hydrogen-bond donors (Lipinski definition) is 0. The van der Waals surface area contributed by atoms with Crippen LogP contribution >= 0.6 is 11.6 Å². The molecule has 0 bridgehead atoms. The smallest absolute Gasteiger partial charge is 0.338 e. The topological polar surface area (TPSA) is 80.3 Å². The molecule has 3 aromatic carbocycles. The molecule has 0 saturated carbocycles. The lowest BCUT2D eigenvalue weighted by Crippen LogP contribution is -2.13. The van der Waals surface area contributed by atoms with Crippen molar-refractivity contribution in [2.75, 3.05) is 28.1 Å². The largest absolute Gasteiger partial charge is 0.496 e. The lowest BCUT2D eigenvalue weighted by molar-refractivity contribution is 0.0458. The predicted octanol–water partition coefficient (Wildman–Crippen LogP) is 6.08. The number of esters is 1. The standard InChI is InChI=1S/C29H29ClO7/c1-6-18(2)12-13-23(31)25-20(16-36-29(32)19-10-8-7-9-11-19)14-21-24(34-4)15-22(30)27(35-5)26(21)28(25)37-17-33-3/h7-11,14-15,18H,6,16-17H2,1-5H3. The third-order valence-corrected chi connectivity index (χ3v) is 6.00. The van der Waals surface area contributed by atoms with E-state index < -0.39 is 11.8 Å². The highest BCUT2D eigenvalue weighted by atomic mass is 35.5. The van der Waals surface area contributed by atoms with Crippen LogP contribution in [0.4, 0.5) is 0 Å². The van der Waals surface area contributed by atoms with Gasteiger partial charge in [-0.1, -0.05) is 49.6 Å². The molecule has 0 N–H and O–H groups in total. The molecule has 0 spiro atoms. The van der Waals surface area contributed by atoms with Crippen molar-refractivity contribution in [3.05, 3.63) is 64.2 Å². The van der Waals surface area contributed by atoms with E-state index in [9.17, 15) is 9.59 Å². The summed E-state index contributed by atoms with van der Waals surface area (Å²) >= 11 is 6.48. The number of methoxy groups -OCH3 is 3. The van der Waals surface area contributed by atoms with Crippen molar-refractivity contribution < 1.29 is 33.3 Å². The molecule has 0 fully saturated rings. The number of benzene rings is 3. The lowest BCUT2D eigenvalue weighted by Gasteiger charge is -2.20. The Kier molecular flexibility index (Phi) is 9.78. The van der Waals surface area contributed by atoms with Crippen LogP contribution in [0.25, 0.3) is 10.8 Å². The van der Waals surface area contributed by atoms with Gasteiger partial charge in [0.15, 0.2) is 6.79 Å². The monoisotopic (exact) mass is 524 g/mol. The van der Waals surface area contributed by atoms with E-state index in [-0.39, 0.29) is 35.7 Å². The minimum atomic E-state index is -0.537. The molecule has 37 heavy (non-hydrogen) atoms. The fourth-order valence-electron chi connectivity index (χ4n) is 3.66. The summed E-state index contributed by atoms with van der Waals surface area (Å²) in [7, 11) is 4.43. The first-order chi connectivity index (χ1) is 17.9. The summed E-state index contributed by atoms with van der Waals surface area (Å²) in [6, 6.07) is 11.9. The molecule has 0 heterocycles. The molecule has 3 aromatic rings. The van der Waals surface area contributed by atoms with E-state index in [4.69, 9.17) is 35.3 Å². The first kappa shape index (κ1) is 27.9. The van der Waals surface area contributed by atoms with Crippen LogP contribution in [0.2, 0.25) is 5.02 Å². The molecule has 7 nitrogen and oxygen atoms in total. The van der Waals surface area contributed by atoms with Crippen LogP contribution in [-0.4, -0.2) is 39.9 Å². The Morgan fingerprint density at radius 1 is 1.03 bits per heavy atom. The van der Waals surface area contributed by atoms with Crippen molar-refractivity contribution in [1.29, 1.82) is 0 Å². The van der Waals surface area contributed by atoms with Crippen molar-refractivity contribution in [3.63, 3.8) is 0 Å². The van der Waals surface area contributed by atoms with Crippen LogP contribution in [0.5, 0.6) is 17.2 Å². The maximum absolute atomic E-state index is 13.5. The number of hydrogen-bond acceptors (Lipinski definition) is 7. The zero-order chi connectivity index (χ0) is 26.9. The van der Waals surface area contributed by atoms with Crippen molar-refractivity contribution in [3.8, 4) is 29.1 Å². The average molecular weight is 525 g/mol. The number of ketones is 1. The summed E-state index contributed by atoms with van der Waals surface area (Å²) in [6.07, 6.45) is 0.785. The number of fused-ring (bicyclic) bond motifs is 1. The Morgan fingerprint density at radius 2 is 1.76 bits per heavy atom. The fourth-order valence-corrected chi connectivity index (χ4v) is 3.93. The molecule has 0 amide bonds. The number of halogens is 1. The Bertz CT molecular complexity index is 1340. The molecule has 194 valence electrons. The third kappa shape index (κ3) is 6.34. The normalized spacial score (nSPS) is 11.3. The van der Waals surface area contributed by atoms with Gasteiger partial charge in [-0.3, -0.25) is 4.79 Å². The average Bonchev–Trinajstić information content (AvgIpc) is 2.92. The molecule has 0 aliphatic rings. The third-order valence-electron chi connectivity index (χ3n) is 5.72. The first-order valence-corrected chi connectivity index (χ1v) is 12.0. The van der Waals surface area contributed by atoms with Gasteiger partial charge in [-0.15, -0.1) is 0 Å². The predicted molar refractivity (Wildman–Crippen MR) is 142 cm³/mol. The Balaban J connectivity index is 2.28. The van der Waals surface area contributed by atoms with Gasteiger partial charge in [-0.25, -0.2) is 4.79 Å². The summed E-state index contributed by atoms with van der Waals surface area (Å²) in [6.45, 7) is 3.53. The van der Waals surface area contributed by atoms with E-state index in [0.29, 0.717) is 33.4 Å². The molecular formula is C29H29ClO7. The Hall–Kier alpha value is -3.73. The number of carbonyl (C=O) groups is 2. The molecule has 0 aliphatic heterocycles. The summed E-state index contributed by atoms with van der Waals surface area (Å²) in [4.78, 5) is 26.2. The van der Waals surface area contributed by atoms with Gasteiger partial charge in [-0.05, 0) is 30.5 Å². The van der Waals surface area contributed by atoms with E-state index in [1.54, 1.807) is 42.5 Å². The molecule has 0 aliphatic carbocycles. The molecule has 3 rings (SSSR count). The highest BCUT2D eigenvalue weighted by Crippen LogP contribution is 2.47. The van der Waals surface area contributed by atoms with Crippen LogP contribution in [0.3, 0.4) is 0 Å². The quantitative estimate of drug-likeness (QED) is 0.104. The first-order valence-electron chi connectivity index (χ1n) is 11.7. The van der Waals surface area contributed by atoms with Crippen LogP contribution < -0.4 is 14.2 Å². The molecule has 1 atom stereocenters. The summed E-state index contributed by atoms with van der Waals surface area (Å²) in [5, 5.41) is 1.23. The second-order valence-corrected chi connectivity index (χ2v) is 8.56. The summed E-state index contributed by atoms with van der Waals surface area (Å²) in [5.41, 5.74) is 0.896. The molecule has 1 unspecified atom stereocenters. The van der Waals surface area contributed by atoms with Crippen LogP contribution in [0.1, 0.15) is 46.5 Å². The maximum Gasteiger partial charge on any atom is 0.338 e. The van der Waals surface area contributed by atoms with Gasteiger partial charge in [0.1, 0.15) is 23.9 Å². The van der Waals surface area contributed by atoms with E-state index in [1.165, 1.54) is 21.3 Å². The zero-order valence-electron chi connectivity index (χ0n) is 21.5. The van der Waals surface area contributed by atoms with Gasteiger partial charge in [0, 0.05) is 30.0 Å². The lowest BCUT2D eigenvalue weighted by atomic mass is 9.95. The minimum Gasteiger partial charge on any atom is -0.496 e. The summed E-state index contributed by atoms with van der Waals surface area (Å²) in [5.74, 6) is 5.51. The fraction of sp³-hybridized carbons (Fsp3) is 0.310. The number of ether oxygens (including phenoxy) is 5. The summed E-state index contributed by atoms with van der Waals surface area (Å²) < 4.78 is 27.8. The van der Waals surface area contributed by atoms with Gasteiger partial charge in [-0.2, -0.15) is 0 Å². The SMILES string of the molecule is CCC(C)C#CC(=O)c1c(COC(=O)c2ccccc2)cc2c(OC)cc(Cl)c(OC)c2c1OCOC. The highest BCUT2D eigenvalue weighted by molar-refractivity contribution is 6.34. The van der Waals surface area contributed by atoms with E-state index in [0.717, 1.165) is 6.42 Å². The molecule has 0 aromatic heterocycles. The maximum atomic E-state index is 13.5. The van der Waals surface area contributed by atoms with Crippen LogP contribution in [0.15, 0.2) is 42.5 Å². The van der Waals surface area contributed by atoms with Gasteiger partial charge in [0.25, 0.3) is 0 Å². The van der Waals surface area contributed by atoms with Gasteiger partial charge >= 0.3 is 5.97 Å². The molecule has 0 saturated heterocycles. The molecular weight excluding hydrogens is 496 g/mol. The van der Waals surface area contributed by atoms with Gasteiger partial charge in [0.2, 0.25) is 5.78 Å². The van der Waals surface area contributed by atoms with E-state index >= 15 is 0 Å². The van der Waals surface area contributed by atoms with Crippen molar-refractivity contribution in [1.82, 2.24) is 0 Å². The van der Waals surface area contributed by atoms with Crippen molar-refractivity contribution in [2.45, 2.75) is 26.9 Å². The van der Waals surface area contributed by atoms with Crippen LogP contribution in [-0.2, 0) is 16.1 Å². The highest BCUT2D eigenvalue weighted by Gasteiger charge is 2.27. The molecule has 0 radical (unpaired) electrons. The Labute approximate surface area is 221 Å². The van der Waals surface area contributed by atoms with Gasteiger partial charge < -0.3 is 23.7 Å². The second kappa shape index (κ2) is 13.0. The van der Waals surface area contributed by atoms with Crippen molar-refractivity contribution in [2.24, 2.45) is 5.92 Å². The Morgan fingerprint density at radius 3 is 2.38 bits per heavy atom. The zero-order valence-corrected chi connectivity index (χ0v) is 22.2. The van der Waals surface area contributed by atoms with Gasteiger partial charge in [0.05, 0.1) is 35.8 Å². The number of carbonyl (C=O) groups excluding carboxylic acids is 2. The number of Topliss-reactive ketones (excluding diaryl/α,β-unsaturated/α-hetero) is 1. The van der Waals surface area contributed by atoms with Crippen LogP contribution in [0, 0.1) is 17.8 Å². The number of rotatable bonds is 10.